The van der Waals surface area contributed by atoms with Crippen LogP contribution in [0.25, 0.3) is 10.9 Å². The molecule has 0 spiro atoms. The van der Waals surface area contributed by atoms with Gasteiger partial charge in [0.05, 0.1) is 5.52 Å². The molecule has 1 heterocycles. The van der Waals surface area contributed by atoms with Gasteiger partial charge in [0.25, 0.3) is 0 Å². The highest BCUT2D eigenvalue weighted by Gasteiger charge is 2.17. The molecule has 0 bridgehead atoms. The number of halogens is 1. The van der Waals surface area contributed by atoms with Crippen LogP contribution in [0.1, 0.15) is 50.5 Å². The third-order valence-electron chi connectivity index (χ3n) is 3.78. The fraction of sp³-hybridized carbons (Fsp3) is 0.471. The van der Waals surface area contributed by atoms with Crippen LogP contribution < -0.4 is 5.73 Å². The highest BCUT2D eigenvalue weighted by molar-refractivity contribution is 5.82. The Hall–Kier alpha value is -1.48. The minimum Gasteiger partial charge on any atom is -0.331 e. The van der Waals surface area contributed by atoms with Gasteiger partial charge in [0.15, 0.2) is 0 Å². The molecule has 0 amide bonds. The molecule has 3 heteroatoms. The molecule has 2 nitrogen and oxygen atoms in total. The van der Waals surface area contributed by atoms with E-state index in [1.54, 1.807) is 12.1 Å². The molecule has 3 rings (SSSR count). The standard InChI is InChI=1S/C15H16FN.C2H7N/c16-12-6-7-15-14(10-12)13(8-9-17-15)11-4-2-1-3-5-11;1-2-3/h6-11H,1-5H2;2-3H2,1H3. The van der Waals surface area contributed by atoms with Gasteiger partial charge in [-0.3, -0.25) is 4.98 Å². The van der Waals surface area contributed by atoms with Crippen LogP contribution in [0, 0.1) is 5.82 Å². The number of hydrogen-bond acceptors (Lipinski definition) is 2. The van der Waals surface area contributed by atoms with Crippen molar-refractivity contribution in [3.63, 3.8) is 0 Å². The summed E-state index contributed by atoms with van der Waals surface area (Å²) in [6.07, 6.45) is 8.25. The van der Waals surface area contributed by atoms with Gasteiger partial charge in [-0.15, -0.1) is 0 Å². The minimum atomic E-state index is -0.164. The SMILES string of the molecule is CCN.Fc1ccc2nccc(C3CCCCC3)c2c1. The predicted molar refractivity (Wildman–Crippen MR) is 82.3 cm³/mol. The van der Waals surface area contributed by atoms with Gasteiger partial charge >= 0.3 is 0 Å². The van der Waals surface area contributed by atoms with Crippen LogP contribution in [0.3, 0.4) is 0 Å². The van der Waals surface area contributed by atoms with Crippen LogP contribution >= 0.6 is 0 Å². The summed E-state index contributed by atoms with van der Waals surface area (Å²) in [6.45, 7) is 2.65. The summed E-state index contributed by atoms with van der Waals surface area (Å²) < 4.78 is 13.4. The highest BCUT2D eigenvalue weighted by atomic mass is 19.1. The summed E-state index contributed by atoms with van der Waals surface area (Å²) >= 11 is 0. The number of hydrogen-bond donors (Lipinski definition) is 1. The summed E-state index contributed by atoms with van der Waals surface area (Å²) in [4.78, 5) is 4.31. The van der Waals surface area contributed by atoms with Gasteiger partial charge in [-0.2, -0.15) is 0 Å². The predicted octanol–water partition coefficient (Wildman–Crippen LogP) is 4.39. The number of rotatable bonds is 1. The number of aromatic nitrogens is 1. The van der Waals surface area contributed by atoms with Gasteiger partial charge in [0.1, 0.15) is 5.82 Å². The Morgan fingerprint density at radius 1 is 1.20 bits per heavy atom. The summed E-state index contributed by atoms with van der Waals surface area (Å²) in [5.74, 6) is 0.429. The van der Waals surface area contributed by atoms with Gasteiger partial charge < -0.3 is 5.73 Å². The van der Waals surface area contributed by atoms with Crippen molar-refractivity contribution in [2.45, 2.75) is 44.9 Å². The second-order valence-electron chi connectivity index (χ2n) is 5.30. The highest BCUT2D eigenvalue weighted by Crippen LogP contribution is 2.35. The number of benzene rings is 1. The lowest BCUT2D eigenvalue weighted by molar-refractivity contribution is 0.445. The smallest absolute Gasteiger partial charge is 0.123 e. The molecule has 0 unspecified atom stereocenters. The Morgan fingerprint density at radius 2 is 1.90 bits per heavy atom. The van der Waals surface area contributed by atoms with Gasteiger partial charge in [0, 0.05) is 11.6 Å². The molecule has 1 aliphatic rings. The van der Waals surface area contributed by atoms with Crippen molar-refractivity contribution in [3.05, 3.63) is 41.8 Å². The van der Waals surface area contributed by atoms with Crippen molar-refractivity contribution < 1.29 is 4.39 Å². The Balaban J connectivity index is 0.000000452. The van der Waals surface area contributed by atoms with Gasteiger partial charge in [0.2, 0.25) is 0 Å². The zero-order chi connectivity index (χ0) is 14.4. The largest absolute Gasteiger partial charge is 0.331 e. The van der Waals surface area contributed by atoms with Crippen molar-refractivity contribution in [1.29, 1.82) is 0 Å². The van der Waals surface area contributed by atoms with Crippen molar-refractivity contribution in [1.82, 2.24) is 4.98 Å². The molecule has 1 fully saturated rings. The van der Waals surface area contributed by atoms with E-state index in [4.69, 9.17) is 5.73 Å². The Kier molecular flexibility index (Phi) is 5.48. The number of fused-ring (bicyclic) bond motifs is 1. The molecule has 1 aromatic carbocycles. The normalized spacial score (nSPS) is 15.8. The molecule has 20 heavy (non-hydrogen) atoms. The molecule has 1 aromatic heterocycles. The zero-order valence-corrected chi connectivity index (χ0v) is 12.1. The summed E-state index contributed by atoms with van der Waals surface area (Å²) in [6, 6.07) is 6.96. The van der Waals surface area contributed by atoms with Crippen LogP contribution in [-0.4, -0.2) is 11.5 Å². The van der Waals surface area contributed by atoms with Crippen LogP contribution in [0.4, 0.5) is 4.39 Å². The average Bonchev–Trinajstić information content (AvgIpc) is 2.48. The first-order valence-electron chi connectivity index (χ1n) is 7.50. The molecule has 0 saturated heterocycles. The summed E-state index contributed by atoms with van der Waals surface area (Å²) in [7, 11) is 0. The number of nitrogens with zero attached hydrogens (tertiary/aromatic N) is 1. The van der Waals surface area contributed by atoms with E-state index in [1.807, 2.05) is 13.1 Å². The monoisotopic (exact) mass is 274 g/mol. The zero-order valence-electron chi connectivity index (χ0n) is 12.1. The maximum Gasteiger partial charge on any atom is 0.123 e. The maximum absolute atomic E-state index is 13.4. The lowest BCUT2D eigenvalue weighted by Gasteiger charge is -2.23. The molecule has 0 atom stereocenters. The van der Waals surface area contributed by atoms with Crippen molar-refractivity contribution in [2.75, 3.05) is 6.54 Å². The molecular weight excluding hydrogens is 251 g/mol. The third kappa shape index (κ3) is 3.54. The van der Waals surface area contributed by atoms with E-state index >= 15 is 0 Å². The van der Waals surface area contributed by atoms with Crippen LogP contribution in [0.5, 0.6) is 0 Å². The Labute approximate surface area is 120 Å². The lowest BCUT2D eigenvalue weighted by Crippen LogP contribution is -2.05. The molecule has 1 aliphatic carbocycles. The molecule has 2 N–H and O–H groups in total. The molecule has 2 aromatic rings. The molecule has 0 radical (unpaired) electrons. The van der Waals surface area contributed by atoms with Crippen molar-refractivity contribution in [2.24, 2.45) is 5.73 Å². The molecule has 1 saturated carbocycles. The van der Waals surface area contributed by atoms with Gasteiger partial charge in [-0.1, -0.05) is 26.2 Å². The van der Waals surface area contributed by atoms with E-state index in [0.29, 0.717) is 5.92 Å². The fourth-order valence-electron chi connectivity index (χ4n) is 2.91. The van der Waals surface area contributed by atoms with E-state index in [1.165, 1.54) is 43.7 Å². The third-order valence-corrected chi connectivity index (χ3v) is 3.78. The average molecular weight is 274 g/mol. The minimum absolute atomic E-state index is 0.164. The first-order chi connectivity index (χ1) is 9.76. The van der Waals surface area contributed by atoms with Gasteiger partial charge in [-0.25, -0.2) is 4.39 Å². The number of nitrogens with two attached hydrogens (primary N) is 1. The van der Waals surface area contributed by atoms with E-state index < -0.39 is 0 Å². The first-order valence-corrected chi connectivity index (χ1v) is 7.50. The lowest BCUT2D eigenvalue weighted by atomic mass is 9.83. The van der Waals surface area contributed by atoms with Crippen molar-refractivity contribution in [3.8, 4) is 0 Å². The summed E-state index contributed by atoms with van der Waals surface area (Å²) in [5, 5.41) is 0.999. The number of pyridine rings is 1. The van der Waals surface area contributed by atoms with Crippen molar-refractivity contribution >= 4 is 10.9 Å². The second-order valence-corrected chi connectivity index (χ2v) is 5.30. The van der Waals surface area contributed by atoms with E-state index in [2.05, 4.69) is 11.1 Å². The van der Waals surface area contributed by atoms with E-state index in [9.17, 15) is 4.39 Å². The molecule has 0 aliphatic heterocycles. The quantitative estimate of drug-likeness (QED) is 0.837. The first kappa shape index (κ1) is 14.9. The Morgan fingerprint density at radius 3 is 2.60 bits per heavy atom. The maximum atomic E-state index is 13.4. The molecular formula is C17H23FN2. The fourth-order valence-corrected chi connectivity index (χ4v) is 2.91. The summed E-state index contributed by atoms with van der Waals surface area (Å²) in [5.41, 5.74) is 7.05. The van der Waals surface area contributed by atoms with E-state index in [-0.39, 0.29) is 5.82 Å². The molecule has 108 valence electrons. The van der Waals surface area contributed by atoms with E-state index in [0.717, 1.165) is 17.4 Å². The van der Waals surface area contributed by atoms with Crippen LogP contribution in [0.2, 0.25) is 0 Å². The van der Waals surface area contributed by atoms with Gasteiger partial charge in [-0.05, 0) is 55.1 Å². The van der Waals surface area contributed by atoms with Crippen LogP contribution in [0.15, 0.2) is 30.5 Å². The topological polar surface area (TPSA) is 38.9 Å². The Bertz CT molecular complexity index is 548. The second kappa shape index (κ2) is 7.34. The van der Waals surface area contributed by atoms with Crippen LogP contribution in [-0.2, 0) is 0 Å².